The molecule has 0 saturated carbocycles. The van der Waals surface area contributed by atoms with Crippen LogP contribution in [0.5, 0.6) is 0 Å². The van der Waals surface area contributed by atoms with E-state index in [1.165, 1.54) is 24.3 Å². The quantitative estimate of drug-likeness (QED) is 0.769. The van der Waals surface area contributed by atoms with E-state index in [4.69, 9.17) is 0 Å². The molecule has 1 aliphatic rings. The molecule has 0 amide bonds. The van der Waals surface area contributed by atoms with Gasteiger partial charge in [0, 0.05) is 16.9 Å². The second-order valence-electron chi connectivity index (χ2n) is 6.40. The first-order valence-corrected chi connectivity index (χ1v) is 8.38. The highest BCUT2D eigenvalue weighted by atomic mass is 19.1. The Kier molecular flexibility index (Phi) is 4.09. The van der Waals surface area contributed by atoms with E-state index in [1.807, 2.05) is 40.1 Å². The van der Waals surface area contributed by atoms with Crippen molar-refractivity contribution < 1.29 is 13.9 Å². The van der Waals surface area contributed by atoms with E-state index in [1.54, 1.807) is 24.3 Å². The molecule has 5 heteroatoms. The molecular formula is C21H18F2N2O. The number of rotatable bonds is 3. The fourth-order valence-electron chi connectivity index (χ4n) is 3.38. The SMILES string of the molecule is OC1(c2ccccc2)CN(c2ccc(F)cc2)CN1c1ccc(F)cc1. The first-order chi connectivity index (χ1) is 12.6. The summed E-state index contributed by atoms with van der Waals surface area (Å²) in [6.07, 6.45) is 0. The molecule has 3 nitrogen and oxygen atoms in total. The van der Waals surface area contributed by atoms with E-state index < -0.39 is 5.72 Å². The van der Waals surface area contributed by atoms with Crippen molar-refractivity contribution in [3.05, 3.63) is 96.1 Å². The van der Waals surface area contributed by atoms with Crippen LogP contribution in [-0.4, -0.2) is 18.3 Å². The lowest BCUT2D eigenvalue weighted by molar-refractivity contribution is 0.0629. The molecule has 1 heterocycles. The number of β-amino-alcohol motifs (C(OH)–C–C–N with tert-alkyl or cyclic N) is 1. The van der Waals surface area contributed by atoms with Crippen molar-refractivity contribution in [2.45, 2.75) is 5.72 Å². The van der Waals surface area contributed by atoms with Crippen molar-refractivity contribution in [3.8, 4) is 0 Å². The van der Waals surface area contributed by atoms with Gasteiger partial charge in [0.05, 0.1) is 13.2 Å². The third-order valence-corrected chi connectivity index (χ3v) is 4.74. The van der Waals surface area contributed by atoms with Crippen molar-refractivity contribution in [1.82, 2.24) is 0 Å². The van der Waals surface area contributed by atoms with Crippen LogP contribution in [0.2, 0.25) is 0 Å². The molecule has 4 rings (SSSR count). The molecule has 0 radical (unpaired) electrons. The topological polar surface area (TPSA) is 26.7 Å². The average Bonchev–Trinajstić information content (AvgIpc) is 3.03. The van der Waals surface area contributed by atoms with Gasteiger partial charge in [0.1, 0.15) is 11.6 Å². The van der Waals surface area contributed by atoms with Crippen LogP contribution in [-0.2, 0) is 5.72 Å². The van der Waals surface area contributed by atoms with E-state index in [0.29, 0.717) is 18.9 Å². The zero-order chi connectivity index (χ0) is 18.1. The predicted molar refractivity (Wildman–Crippen MR) is 97.8 cm³/mol. The summed E-state index contributed by atoms with van der Waals surface area (Å²) in [4.78, 5) is 3.79. The lowest BCUT2D eigenvalue weighted by Gasteiger charge is -2.34. The van der Waals surface area contributed by atoms with Gasteiger partial charge in [-0.1, -0.05) is 30.3 Å². The Hall–Kier alpha value is -2.92. The minimum atomic E-state index is -1.28. The molecule has 1 fully saturated rings. The monoisotopic (exact) mass is 352 g/mol. The predicted octanol–water partition coefficient (Wildman–Crippen LogP) is 4.09. The summed E-state index contributed by atoms with van der Waals surface area (Å²) >= 11 is 0. The van der Waals surface area contributed by atoms with Gasteiger partial charge < -0.3 is 14.9 Å². The maximum absolute atomic E-state index is 13.3. The number of nitrogens with zero attached hydrogens (tertiary/aromatic N) is 2. The molecule has 0 aromatic heterocycles. The lowest BCUT2D eigenvalue weighted by atomic mass is 10.0. The Labute approximate surface area is 150 Å². The highest BCUT2D eigenvalue weighted by Gasteiger charge is 2.45. The largest absolute Gasteiger partial charge is 0.365 e. The Morgan fingerprint density at radius 2 is 1.27 bits per heavy atom. The number of halogens is 2. The van der Waals surface area contributed by atoms with Gasteiger partial charge in [-0.15, -0.1) is 0 Å². The second-order valence-corrected chi connectivity index (χ2v) is 6.40. The average molecular weight is 352 g/mol. The third-order valence-electron chi connectivity index (χ3n) is 4.74. The van der Waals surface area contributed by atoms with Gasteiger partial charge in [-0.25, -0.2) is 8.78 Å². The summed E-state index contributed by atoms with van der Waals surface area (Å²) in [5, 5.41) is 11.5. The highest BCUT2D eigenvalue weighted by molar-refractivity contribution is 5.58. The van der Waals surface area contributed by atoms with E-state index in [2.05, 4.69) is 0 Å². The maximum atomic E-state index is 13.3. The first kappa shape index (κ1) is 16.5. The fourth-order valence-corrected chi connectivity index (χ4v) is 3.38. The molecule has 0 bridgehead atoms. The number of hydrogen-bond donors (Lipinski definition) is 1. The van der Waals surface area contributed by atoms with Crippen molar-refractivity contribution in [3.63, 3.8) is 0 Å². The maximum Gasteiger partial charge on any atom is 0.183 e. The second kappa shape index (κ2) is 6.42. The summed E-state index contributed by atoms with van der Waals surface area (Å²) in [7, 11) is 0. The van der Waals surface area contributed by atoms with Crippen LogP contribution >= 0.6 is 0 Å². The molecule has 1 N–H and O–H groups in total. The van der Waals surface area contributed by atoms with Crippen LogP contribution in [0.4, 0.5) is 20.2 Å². The summed E-state index contributed by atoms with van der Waals surface area (Å²) < 4.78 is 26.6. The van der Waals surface area contributed by atoms with Gasteiger partial charge in [-0.2, -0.15) is 0 Å². The molecule has 1 aliphatic heterocycles. The minimum Gasteiger partial charge on any atom is -0.365 e. The number of anilines is 2. The Bertz CT molecular complexity index is 884. The van der Waals surface area contributed by atoms with Crippen molar-refractivity contribution in [1.29, 1.82) is 0 Å². The number of hydrogen-bond acceptors (Lipinski definition) is 3. The van der Waals surface area contributed by atoms with Crippen LogP contribution in [0.25, 0.3) is 0 Å². The normalized spacial score (nSPS) is 19.8. The Morgan fingerprint density at radius 1 is 0.731 bits per heavy atom. The summed E-state index contributed by atoms with van der Waals surface area (Å²) in [5.74, 6) is -0.631. The van der Waals surface area contributed by atoms with E-state index in [0.717, 1.165) is 11.3 Å². The first-order valence-electron chi connectivity index (χ1n) is 8.38. The van der Waals surface area contributed by atoms with E-state index in [-0.39, 0.29) is 11.6 Å². The fraction of sp³-hybridized carbons (Fsp3) is 0.143. The molecule has 132 valence electrons. The van der Waals surface area contributed by atoms with Crippen LogP contribution in [0.15, 0.2) is 78.9 Å². The smallest absolute Gasteiger partial charge is 0.183 e. The van der Waals surface area contributed by atoms with Crippen LogP contribution < -0.4 is 9.80 Å². The number of aliphatic hydroxyl groups is 1. The van der Waals surface area contributed by atoms with Crippen molar-refractivity contribution in [2.24, 2.45) is 0 Å². The van der Waals surface area contributed by atoms with Crippen LogP contribution in [0, 0.1) is 11.6 Å². The minimum absolute atomic E-state index is 0.304. The molecular weight excluding hydrogens is 334 g/mol. The lowest BCUT2D eigenvalue weighted by Crippen LogP contribution is -2.43. The van der Waals surface area contributed by atoms with Crippen molar-refractivity contribution in [2.75, 3.05) is 23.0 Å². The van der Waals surface area contributed by atoms with Gasteiger partial charge >= 0.3 is 0 Å². The van der Waals surface area contributed by atoms with Gasteiger partial charge in [0.2, 0.25) is 0 Å². The third kappa shape index (κ3) is 2.91. The van der Waals surface area contributed by atoms with Gasteiger partial charge in [-0.3, -0.25) is 0 Å². The molecule has 1 saturated heterocycles. The summed E-state index contributed by atoms with van der Waals surface area (Å²) in [6.45, 7) is 0.697. The Balaban J connectivity index is 1.75. The van der Waals surface area contributed by atoms with E-state index in [9.17, 15) is 13.9 Å². The zero-order valence-electron chi connectivity index (χ0n) is 14.0. The number of benzene rings is 3. The molecule has 1 atom stereocenters. The van der Waals surface area contributed by atoms with Crippen molar-refractivity contribution >= 4 is 11.4 Å². The molecule has 3 aromatic rings. The molecule has 1 unspecified atom stereocenters. The summed E-state index contributed by atoms with van der Waals surface area (Å²) in [6, 6.07) is 21.6. The molecule has 3 aromatic carbocycles. The molecule has 26 heavy (non-hydrogen) atoms. The van der Waals surface area contributed by atoms with Crippen LogP contribution in [0.3, 0.4) is 0 Å². The van der Waals surface area contributed by atoms with Gasteiger partial charge in [0.15, 0.2) is 5.72 Å². The highest BCUT2D eigenvalue weighted by Crippen LogP contribution is 2.38. The molecule has 0 aliphatic carbocycles. The van der Waals surface area contributed by atoms with Gasteiger partial charge in [-0.05, 0) is 48.5 Å². The van der Waals surface area contributed by atoms with Gasteiger partial charge in [0.25, 0.3) is 0 Å². The Morgan fingerprint density at radius 3 is 1.85 bits per heavy atom. The molecule has 0 spiro atoms. The standard InChI is InChI=1S/C21H18F2N2O/c22-17-6-10-19(11-7-17)24-14-21(26,16-4-2-1-3-5-16)25(15-24)20-12-8-18(23)9-13-20/h1-13,26H,14-15H2. The summed E-state index contributed by atoms with van der Waals surface area (Å²) in [5.41, 5.74) is 0.981. The van der Waals surface area contributed by atoms with Crippen LogP contribution in [0.1, 0.15) is 5.56 Å². The zero-order valence-corrected chi connectivity index (χ0v) is 14.0. The van der Waals surface area contributed by atoms with E-state index >= 15 is 0 Å².